The minimum absolute atomic E-state index is 0.0338. The molecule has 0 saturated heterocycles. The van der Waals surface area contributed by atoms with Gasteiger partial charge in [0.2, 0.25) is 0 Å². The van der Waals surface area contributed by atoms with Crippen LogP contribution in [0, 0.1) is 0 Å². The molecule has 0 aromatic rings. The average molecular weight is 150 g/mol. The summed E-state index contributed by atoms with van der Waals surface area (Å²) >= 11 is 0. The highest BCUT2D eigenvalue weighted by Crippen LogP contribution is 1.95. The van der Waals surface area contributed by atoms with Crippen LogP contribution in [0.25, 0.3) is 0 Å². The number of aliphatic hydroxyl groups is 3. The summed E-state index contributed by atoms with van der Waals surface area (Å²) in [5.74, 6) is 0. The fourth-order valence-corrected chi connectivity index (χ4v) is 0.377. The second kappa shape index (κ2) is 4.62. The number of ether oxygens (including phenoxy) is 1. The Bertz CT molecular complexity index is 81.8. The van der Waals surface area contributed by atoms with Crippen molar-refractivity contribution in [3.63, 3.8) is 0 Å². The quantitative estimate of drug-likeness (QED) is 0.453. The Kier molecular flexibility index (Phi) is 4.55. The molecular formula is C6H14O4. The third-order valence-corrected chi connectivity index (χ3v) is 0.921. The fraction of sp³-hybridized carbons (Fsp3) is 1.00. The van der Waals surface area contributed by atoms with E-state index < -0.39 is 18.5 Å². The molecule has 3 atom stereocenters. The van der Waals surface area contributed by atoms with Crippen LogP contribution < -0.4 is 0 Å². The molecule has 3 N–H and O–H groups in total. The molecule has 4 heteroatoms. The van der Waals surface area contributed by atoms with Gasteiger partial charge in [-0.15, -0.1) is 0 Å². The average Bonchev–Trinajstić information content (AvgIpc) is 1.82. The Morgan fingerprint density at radius 2 is 1.70 bits per heavy atom. The standard InChI is InChI=1S/C6H14O4/c1-4(7)3-10-6(9)5(2)8/h4-9H,3H2,1-2H3/t4-,5+,6+/m0/s1. The first kappa shape index (κ1) is 9.84. The molecule has 0 heterocycles. The number of hydrogen-bond donors (Lipinski definition) is 3. The maximum Gasteiger partial charge on any atom is 0.180 e. The SMILES string of the molecule is C[C@H](O)CO[C@@H](O)[C@@H](C)O. The Morgan fingerprint density at radius 3 is 2.00 bits per heavy atom. The molecule has 0 amide bonds. The maximum atomic E-state index is 8.79. The molecule has 0 unspecified atom stereocenters. The summed E-state index contributed by atoms with van der Waals surface area (Å²) in [6.07, 6.45) is -2.73. The Balaban J connectivity index is 3.30. The minimum atomic E-state index is -1.20. The molecular weight excluding hydrogens is 136 g/mol. The lowest BCUT2D eigenvalue weighted by molar-refractivity contribution is -0.168. The number of rotatable bonds is 4. The van der Waals surface area contributed by atoms with E-state index in [2.05, 4.69) is 4.74 Å². The molecule has 0 spiro atoms. The highest BCUT2D eigenvalue weighted by atomic mass is 16.6. The van der Waals surface area contributed by atoms with Crippen LogP contribution in [0.3, 0.4) is 0 Å². The second-order valence-electron chi connectivity index (χ2n) is 2.31. The van der Waals surface area contributed by atoms with Crippen LogP contribution in [-0.2, 0) is 4.74 Å². The predicted molar refractivity (Wildman–Crippen MR) is 35.3 cm³/mol. The van der Waals surface area contributed by atoms with Crippen molar-refractivity contribution in [1.29, 1.82) is 0 Å². The third-order valence-electron chi connectivity index (χ3n) is 0.921. The van der Waals surface area contributed by atoms with Crippen LogP contribution in [-0.4, -0.2) is 40.4 Å². The molecule has 0 rings (SSSR count). The van der Waals surface area contributed by atoms with Gasteiger partial charge in [0.15, 0.2) is 6.29 Å². The summed E-state index contributed by atoms with van der Waals surface area (Å²) in [6.45, 7) is 2.98. The van der Waals surface area contributed by atoms with Gasteiger partial charge < -0.3 is 20.1 Å². The van der Waals surface area contributed by atoms with Crippen molar-refractivity contribution in [2.24, 2.45) is 0 Å². The molecule has 4 nitrogen and oxygen atoms in total. The summed E-state index contributed by atoms with van der Waals surface area (Å²) in [4.78, 5) is 0. The topological polar surface area (TPSA) is 69.9 Å². The lowest BCUT2D eigenvalue weighted by atomic mass is 10.4. The number of aliphatic hydroxyl groups excluding tert-OH is 3. The van der Waals surface area contributed by atoms with E-state index in [0.717, 1.165) is 0 Å². The first-order chi connectivity index (χ1) is 4.54. The van der Waals surface area contributed by atoms with Crippen LogP contribution in [0.2, 0.25) is 0 Å². The van der Waals surface area contributed by atoms with Crippen molar-refractivity contribution < 1.29 is 20.1 Å². The lowest BCUT2D eigenvalue weighted by Crippen LogP contribution is -2.28. The molecule has 0 fully saturated rings. The summed E-state index contributed by atoms with van der Waals surface area (Å²) in [5.41, 5.74) is 0. The van der Waals surface area contributed by atoms with Crippen molar-refractivity contribution >= 4 is 0 Å². The van der Waals surface area contributed by atoms with Crippen molar-refractivity contribution in [3.05, 3.63) is 0 Å². The van der Waals surface area contributed by atoms with Crippen molar-refractivity contribution in [3.8, 4) is 0 Å². The molecule has 0 saturated carbocycles. The molecule has 0 bridgehead atoms. The van der Waals surface area contributed by atoms with E-state index in [-0.39, 0.29) is 6.61 Å². The zero-order valence-electron chi connectivity index (χ0n) is 6.19. The van der Waals surface area contributed by atoms with Crippen LogP contribution in [0.4, 0.5) is 0 Å². The van der Waals surface area contributed by atoms with Crippen molar-refractivity contribution in [1.82, 2.24) is 0 Å². The number of hydrogen-bond acceptors (Lipinski definition) is 4. The fourth-order valence-electron chi connectivity index (χ4n) is 0.377. The molecule has 0 radical (unpaired) electrons. The highest BCUT2D eigenvalue weighted by molar-refractivity contribution is 4.50. The zero-order chi connectivity index (χ0) is 8.15. The van der Waals surface area contributed by atoms with Crippen molar-refractivity contribution in [2.75, 3.05) is 6.61 Å². The summed E-state index contributed by atoms with van der Waals surface area (Å²) in [6, 6.07) is 0. The van der Waals surface area contributed by atoms with E-state index in [9.17, 15) is 0 Å². The van der Waals surface area contributed by atoms with Gasteiger partial charge in [-0.1, -0.05) is 0 Å². The lowest BCUT2D eigenvalue weighted by Gasteiger charge is -2.14. The summed E-state index contributed by atoms with van der Waals surface area (Å²) in [5, 5.41) is 26.1. The zero-order valence-corrected chi connectivity index (χ0v) is 6.19. The highest BCUT2D eigenvalue weighted by Gasteiger charge is 2.11. The third kappa shape index (κ3) is 4.69. The molecule has 0 aliphatic carbocycles. The molecule has 0 aliphatic heterocycles. The van der Waals surface area contributed by atoms with Gasteiger partial charge in [-0.3, -0.25) is 0 Å². The molecule has 0 aromatic carbocycles. The minimum Gasteiger partial charge on any atom is -0.391 e. The van der Waals surface area contributed by atoms with Gasteiger partial charge in [-0.05, 0) is 13.8 Å². The van der Waals surface area contributed by atoms with Crippen molar-refractivity contribution in [2.45, 2.75) is 32.3 Å². The van der Waals surface area contributed by atoms with Gasteiger partial charge in [-0.2, -0.15) is 0 Å². The Morgan fingerprint density at radius 1 is 1.20 bits per heavy atom. The maximum absolute atomic E-state index is 8.79. The first-order valence-electron chi connectivity index (χ1n) is 3.20. The monoisotopic (exact) mass is 150 g/mol. The van der Waals surface area contributed by atoms with Gasteiger partial charge in [0.05, 0.1) is 12.7 Å². The van der Waals surface area contributed by atoms with Crippen LogP contribution in [0.5, 0.6) is 0 Å². The van der Waals surface area contributed by atoms with E-state index in [1.165, 1.54) is 13.8 Å². The Labute approximate surface area is 60.1 Å². The summed E-state index contributed by atoms with van der Waals surface area (Å²) < 4.78 is 4.62. The first-order valence-corrected chi connectivity index (χ1v) is 3.20. The Hall–Kier alpha value is -0.160. The normalized spacial score (nSPS) is 20.1. The van der Waals surface area contributed by atoms with Gasteiger partial charge >= 0.3 is 0 Å². The van der Waals surface area contributed by atoms with E-state index in [1.54, 1.807) is 0 Å². The van der Waals surface area contributed by atoms with Gasteiger partial charge in [0, 0.05) is 0 Å². The van der Waals surface area contributed by atoms with E-state index in [4.69, 9.17) is 15.3 Å². The smallest absolute Gasteiger partial charge is 0.180 e. The molecule has 0 aromatic heterocycles. The molecule has 62 valence electrons. The van der Waals surface area contributed by atoms with E-state index in [0.29, 0.717) is 0 Å². The molecule has 0 aliphatic rings. The summed E-state index contributed by atoms with van der Waals surface area (Å²) in [7, 11) is 0. The van der Waals surface area contributed by atoms with Crippen LogP contribution in [0.1, 0.15) is 13.8 Å². The second-order valence-corrected chi connectivity index (χ2v) is 2.31. The van der Waals surface area contributed by atoms with E-state index >= 15 is 0 Å². The molecule has 10 heavy (non-hydrogen) atoms. The van der Waals surface area contributed by atoms with Gasteiger partial charge in [-0.25, -0.2) is 0 Å². The van der Waals surface area contributed by atoms with Crippen LogP contribution in [0.15, 0.2) is 0 Å². The predicted octanol–water partition coefficient (Wildman–Crippen LogP) is -0.917. The van der Waals surface area contributed by atoms with Gasteiger partial charge in [0.1, 0.15) is 6.10 Å². The largest absolute Gasteiger partial charge is 0.391 e. The van der Waals surface area contributed by atoms with Gasteiger partial charge in [0.25, 0.3) is 0 Å². The van der Waals surface area contributed by atoms with E-state index in [1.807, 2.05) is 0 Å². The van der Waals surface area contributed by atoms with Crippen LogP contribution >= 0.6 is 0 Å².